The van der Waals surface area contributed by atoms with Crippen LogP contribution in [0, 0.1) is 6.92 Å². The Bertz CT molecular complexity index is 528. The van der Waals surface area contributed by atoms with Crippen LogP contribution in [0.1, 0.15) is 48.6 Å². The molecule has 20 heavy (non-hydrogen) atoms. The molecule has 1 N–H and O–H groups in total. The first-order valence-electron chi connectivity index (χ1n) is 7.63. The zero-order chi connectivity index (χ0) is 14.4. The van der Waals surface area contributed by atoms with Crippen LogP contribution in [0.2, 0.25) is 0 Å². The number of benzene rings is 2. The van der Waals surface area contributed by atoms with E-state index in [9.17, 15) is 0 Å². The molecule has 1 nitrogen and oxygen atoms in total. The van der Waals surface area contributed by atoms with Crippen LogP contribution in [-0.4, -0.2) is 6.54 Å². The van der Waals surface area contributed by atoms with Gasteiger partial charge in [-0.15, -0.1) is 0 Å². The minimum atomic E-state index is 0.292. The minimum absolute atomic E-state index is 0.292. The van der Waals surface area contributed by atoms with Crippen LogP contribution in [-0.2, 0) is 6.42 Å². The fraction of sp³-hybridized carbons (Fsp3) is 0.368. The smallest absolute Gasteiger partial charge is 0.0576 e. The van der Waals surface area contributed by atoms with E-state index in [4.69, 9.17) is 0 Å². The standard InChI is InChI=1S/C19H25N/c1-4-13-20-19(18-8-6-7-15(3)14-18)17-11-9-16(5-2)10-12-17/h6-12,14,19-20H,4-5,13H2,1-3H3. The summed E-state index contributed by atoms with van der Waals surface area (Å²) in [6.07, 6.45) is 2.24. The maximum Gasteiger partial charge on any atom is 0.0576 e. The summed E-state index contributed by atoms with van der Waals surface area (Å²) in [6, 6.07) is 18.1. The van der Waals surface area contributed by atoms with Crippen molar-refractivity contribution in [1.82, 2.24) is 5.32 Å². The van der Waals surface area contributed by atoms with E-state index in [1.165, 1.54) is 22.3 Å². The molecule has 0 aliphatic rings. The molecule has 0 heterocycles. The first kappa shape index (κ1) is 14.8. The van der Waals surface area contributed by atoms with Crippen molar-refractivity contribution in [2.45, 2.75) is 39.7 Å². The van der Waals surface area contributed by atoms with Crippen LogP contribution in [0.4, 0.5) is 0 Å². The van der Waals surface area contributed by atoms with Crippen molar-refractivity contribution in [2.24, 2.45) is 0 Å². The molecule has 0 bridgehead atoms. The Labute approximate surface area is 123 Å². The first-order valence-corrected chi connectivity index (χ1v) is 7.63. The fourth-order valence-electron chi connectivity index (χ4n) is 2.51. The van der Waals surface area contributed by atoms with Crippen molar-refractivity contribution in [1.29, 1.82) is 0 Å². The highest BCUT2D eigenvalue weighted by Crippen LogP contribution is 2.23. The second-order valence-electron chi connectivity index (χ2n) is 5.40. The van der Waals surface area contributed by atoms with Gasteiger partial charge in [-0.05, 0) is 43.0 Å². The van der Waals surface area contributed by atoms with E-state index < -0.39 is 0 Å². The Morgan fingerprint density at radius 3 is 2.30 bits per heavy atom. The van der Waals surface area contributed by atoms with Gasteiger partial charge in [-0.1, -0.05) is 67.9 Å². The second-order valence-corrected chi connectivity index (χ2v) is 5.40. The van der Waals surface area contributed by atoms with Gasteiger partial charge in [-0.3, -0.25) is 0 Å². The summed E-state index contributed by atoms with van der Waals surface area (Å²) in [6.45, 7) is 7.59. The summed E-state index contributed by atoms with van der Waals surface area (Å²) in [5, 5.41) is 3.67. The van der Waals surface area contributed by atoms with Crippen LogP contribution in [0.5, 0.6) is 0 Å². The normalized spacial score (nSPS) is 12.3. The Morgan fingerprint density at radius 2 is 1.70 bits per heavy atom. The first-order chi connectivity index (χ1) is 9.74. The van der Waals surface area contributed by atoms with E-state index in [0.717, 1.165) is 19.4 Å². The average molecular weight is 267 g/mol. The Kier molecular flexibility index (Phi) is 5.37. The molecule has 0 spiro atoms. The zero-order valence-corrected chi connectivity index (χ0v) is 12.8. The lowest BCUT2D eigenvalue weighted by Gasteiger charge is -2.20. The van der Waals surface area contributed by atoms with E-state index in [-0.39, 0.29) is 0 Å². The third-order valence-electron chi connectivity index (χ3n) is 3.70. The van der Waals surface area contributed by atoms with Crippen molar-refractivity contribution < 1.29 is 0 Å². The molecule has 0 saturated heterocycles. The molecule has 0 amide bonds. The van der Waals surface area contributed by atoms with E-state index in [1.807, 2.05) is 0 Å². The van der Waals surface area contributed by atoms with Gasteiger partial charge in [0.05, 0.1) is 6.04 Å². The number of hydrogen-bond acceptors (Lipinski definition) is 1. The molecular weight excluding hydrogens is 242 g/mol. The SMILES string of the molecule is CCCNC(c1ccc(CC)cc1)c1cccc(C)c1. The molecule has 1 unspecified atom stereocenters. The maximum absolute atomic E-state index is 3.67. The molecule has 1 heteroatoms. The van der Waals surface area contributed by atoms with Gasteiger partial charge in [-0.2, -0.15) is 0 Å². The number of rotatable bonds is 6. The Morgan fingerprint density at radius 1 is 0.950 bits per heavy atom. The lowest BCUT2D eigenvalue weighted by atomic mass is 9.96. The maximum atomic E-state index is 3.67. The minimum Gasteiger partial charge on any atom is -0.306 e. The van der Waals surface area contributed by atoms with E-state index in [0.29, 0.717) is 6.04 Å². The summed E-state index contributed by atoms with van der Waals surface area (Å²) in [5.74, 6) is 0. The fourth-order valence-corrected chi connectivity index (χ4v) is 2.51. The highest BCUT2D eigenvalue weighted by Gasteiger charge is 2.13. The molecule has 2 rings (SSSR count). The van der Waals surface area contributed by atoms with Gasteiger partial charge < -0.3 is 5.32 Å². The summed E-state index contributed by atoms with van der Waals surface area (Å²) in [4.78, 5) is 0. The molecule has 106 valence electrons. The largest absolute Gasteiger partial charge is 0.306 e. The van der Waals surface area contributed by atoms with Gasteiger partial charge in [-0.25, -0.2) is 0 Å². The van der Waals surface area contributed by atoms with Crippen LogP contribution in [0.25, 0.3) is 0 Å². The van der Waals surface area contributed by atoms with Crippen molar-refractivity contribution in [2.75, 3.05) is 6.54 Å². The van der Waals surface area contributed by atoms with Gasteiger partial charge in [0.2, 0.25) is 0 Å². The molecule has 0 fully saturated rings. The zero-order valence-electron chi connectivity index (χ0n) is 12.8. The van der Waals surface area contributed by atoms with E-state index in [1.54, 1.807) is 0 Å². The highest BCUT2D eigenvalue weighted by molar-refractivity contribution is 5.35. The summed E-state index contributed by atoms with van der Waals surface area (Å²) >= 11 is 0. The summed E-state index contributed by atoms with van der Waals surface area (Å²) in [5.41, 5.74) is 5.41. The van der Waals surface area contributed by atoms with Gasteiger partial charge in [0.1, 0.15) is 0 Å². The van der Waals surface area contributed by atoms with E-state index >= 15 is 0 Å². The summed E-state index contributed by atoms with van der Waals surface area (Å²) < 4.78 is 0. The quantitative estimate of drug-likeness (QED) is 0.803. The third kappa shape index (κ3) is 3.71. The van der Waals surface area contributed by atoms with Gasteiger partial charge in [0.25, 0.3) is 0 Å². The lowest BCUT2D eigenvalue weighted by molar-refractivity contribution is 0.598. The molecule has 0 saturated carbocycles. The molecule has 0 radical (unpaired) electrons. The Hall–Kier alpha value is -1.60. The third-order valence-corrected chi connectivity index (χ3v) is 3.70. The molecular formula is C19H25N. The monoisotopic (exact) mass is 267 g/mol. The lowest BCUT2D eigenvalue weighted by Crippen LogP contribution is -2.23. The molecule has 0 aliphatic carbocycles. The van der Waals surface area contributed by atoms with Gasteiger partial charge in [0, 0.05) is 0 Å². The molecule has 0 aromatic heterocycles. The molecule has 2 aromatic rings. The molecule has 2 aromatic carbocycles. The number of hydrogen-bond donors (Lipinski definition) is 1. The highest BCUT2D eigenvalue weighted by atomic mass is 14.9. The average Bonchev–Trinajstić information content (AvgIpc) is 2.48. The molecule has 0 aliphatic heterocycles. The van der Waals surface area contributed by atoms with Crippen LogP contribution < -0.4 is 5.32 Å². The van der Waals surface area contributed by atoms with Crippen molar-refractivity contribution in [3.05, 3.63) is 70.8 Å². The predicted octanol–water partition coefficient (Wildman–Crippen LogP) is 4.65. The van der Waals surface area contributed by atoms with Crippen molar-refractivity contribution >= 4 is 0 Å². The number of nitrogens with one attached hydrogen (secondary N) is 1. The molecule has 1 atom stereocenters. The van der Waals surface area contributed by atoms with Crippen molar-refractivity contribution in [3.63, 3.8) is 0 Å². The topological polar surface area (TPSA) is 12.0 Å². The second kappa shape index (κ2) is 7.25. The number of aryl methyl sites for hydroxylation is 2. The van der Waals surface area contributed by atoms with E-state index in [2.05, 4.69) is 74.6 Å². The van der Waals surface area contributed by atoms with Gasteiger partial charge in [0.15, 0.2) is 0 Å². The predicted molar refractivity (Wildman–Crippen MR) is 87.1 cm³/mol. The Balaban J connectivity index is 2.30. The van der Waals surface area contributed by atoms with Gasteiger partial charge >= 0.3 is 0 Å². The summed E-state index contributed by atoms with van der Waals surface area (Å²) in [7, 11) is 0. The van der Waals surface area contributed by atoms with Crippen LogP contribution >= 0.6 is 0 Å². The van der Waals surface area contributed by atoms with Crippen molar-refractivity contribution in [3.8, 4) is 0 Å². The van der Waals surface area contributed by atoms with Crippen LogP contribution in [0.3, 0.4) is 0 Å². The van der Waals surface area contributed by atoms with Crippen LogP contribution in [0.15, 0.2) is 48.5 Å².